The normalized spacial score (nSPS) is 16.0. The molecule has 4 heteroatoms. The Labute approximate surface area is 137 Å². The molecule has 1 atom stereocenters. The van der Waals surface area contributed by atoms with Gasteiger partial charge in [-0.2, -0.15) is 0 Å². The van der Waals surface area contributed by atoms with E-state index in [1.807, 2.05) is 18.2 Å². The van der Waals surface area contributed by atoms with Crippen molar-refractivity contribution in [2.75, 3.05) is 20.8 Å². The van der Waals surface area contributed by atoms with Crippen LogP contribution in [-0.4, -0.2) is 26.8 Å². The van der Waals surface area contributed by atoms with E-state index in [2.05, 4.69) is 19.2 Å². The molecule has 122 valence electrons. The summed E-state index contributed by atoms with van der Waals surface area (Å²) in [5.74, 6) is 0.954. The highest BCUT2D eigenvalue weighted by molar-refractivity contribution is 5.87. The summed E-state index contributed by atoms with van der Waals surface area (Å²) in [5, 5.41) is 0. The number of carbonyl (C=O) groups is 1. The van der Waals surface area contributed by atoms with E-state index in [9.17, 15) is 4.79 Å². The molecule has 1 aliphatic carbocycles. The molecule has 0 heterocycles. The van der Waals surface area contributed by atoms with Crippen LogP contribution in [0.5, 0.6) is 11.5 Å². The molecule has 4 nitrogen and oxygen atoms in total. The average molecular weight is 314 g/mol. The predicted molar refractivity (Wildman–Crippen MR) is 90.9 cm³/mol. The quantitative estimate of drug-likeness (QED) is 0.590. The van der Waals surface area contributed by atoms with Crippen molar-refractivity contribution in [3.8, 4) is 11.5 Å². The van der Waals surface area contributed by atoms with Crippen LogP contribution in [0.4, 0.5) is 0 Å². The molecule has 0 N–H and O–H groups in total. The van der Waals surface area contributed by atoms with Crippen molar-refractivity contribution >= 4 is 11.5 Å². The van der Waals surface area contributed by atoms with Crippen LogP contribution in [0.1, 0.15) is 30.4 Å². The van der Waals surface area contributed by atoms with Gasteiger partial charge in [-0.05, 0) is 30.5 Å². The van der Waals surface area contributed by atoms with E-state index in [-0.39, 0.29) is 18.5 Å². The van der Waals surface area contributed by atoms with E-state index in [4.69, 9.17) is 14.2 Å². The van der Waals surface area contributed by atoms with Gasteiger partial charge in [-0.15, -0.1) is 0 Å². The summed E-state index contributed by atoms with van der Waals surface area (Å²) in [7, 11) is 3.22. The van der Waals surface area contributed by atoms with E-state index >= 15 is 0 Å². The number of methoxy groups -OCH3 is 2. The Morgan fingerprint density at radius 1 is 1.35 bits per heavy atom. The van der Waals surface area contributed by atoms with Gasteiger partial charge < -0.3 is 14.2 Å². The third-order valence-electron chi connectivity index (χ3n) is 3.91. The molecule has 1 aliphatic rings. The van der Waals surface area contributed by atoms with Crippen LogP contribution in [0.3, 0.4) is 0 Å². The van der Waals surface area contributed by atoms with Crippen molar-refractivity contribution < 1.29 is 19.0 Å². The molecule has 1 aromatic rings. The van der Waals surface area contributed by atoms with E-state index in [0.29, 0.717) is 17.1 Å². The van der Waals surface area contributed by atoms with Crippen molar-refractivity contribution in [3.05, 3.63) is 54.1 Å². The van der Waals surface area contributed by atoms with E-state index in [1.165, 1.54) is 0 Å². The maximum atomic E-state index is 11.7. The lowest BCUT2D eigenvalue weighted by Gasteiger charge is -2.27. The van der Waals surface area contributed by atoms with Crippen LogP contribution in [-0.2, 0) is 9.53 Å². The van der Waals surface area contributed by atoms with Crippen molar-refractivity contribution in [1.29, 1.82) is 0 Å². The number of esters is 1. The molecule has 0 aromatic heterocycles. The lowest BCUT2D eigenvalue weighted by atomic mass is 9.82. The van der Waals surface area contributed by atoms with Gasteiger partial charge in [-0.1, -0.05) is 31.4 Å². The van der Waals surface area contributed by atoms with Crippen molar-refractivity contribution in [2.45, 2.75) is 19.3 Å². The van der Waals surface area contributed by atoms with Gasteiger partial charge in [0.1, 0.15) is 0 Å². The van der Waals surface area contributed by atoms with Gasteiger partial charge >= 0.3 is 5.97 Å². The molecule has 1 aromatic carbocycles. The molecule has 23 heavy (non-hydrogen) atoms. The lowest BCUT2D eigenvalue weighted by Crippen LogP contribution is -2.17. The smallest absolute Gasteiger partial charge is 0.333 e. The fraction of sp³-hybridized carbons (Fsp3) is 0.316. The summed E-state index contributed by atoms with van der Waals surface area (Å²) in [5.41, 5.74) is 3.45. The maximum absolute atomic E-state index is 11.7. The topological polar surface area (TPSA) is 44.8 Å². The van der Waals surface area contributed by atoms with Gasteiger partial charge in [0, 0.05) is 17.1 Å². The number of benzene rings is 1. The molecule has 0 saturated carbocycles. The number of carbonyl (C=O) groups excluding carboxylic acids is 1. The minimum absolute atomic E-state index is 0.00190. The highest BCUT2D eigenvalue weighted by Gasteiger charge is 2.27. The number of allylic oxidation sites excluding steroid dienone is 3. The number of hydrogen-bond acceptors (Lipinski definition) is 4. The summed E-state index contributed by atoms with van der Waals surface area (Å²) < 4.78 is 16.3. The first-order chi connectivity index (χ1) is 11.0. The Morgan fingerprint density at radius 2 is 2.09 bits per heavy atom. The summed E-state index contributed by atoms with van der Waals surface area (Å²) >= 11 is 0. The second kappa shape index (κ2) is 7.18. The standard InChI is InChI=1S/C19H22O4/c1-6-13-7-8-14(11-23-19(20)12(2)3)17-15(13)9-10-16(21-4)18(17)22-5/h6-7,9-10,14H,1-2,8,11H2,3-5H3/t14-/m0/s1. The van der Waals surface area contributed by atoms with Gasteiger partial charge in [0.2, 0.25) is 0 Å². The average Bonchev–Trinajstić information content (AvgIpc) is 2.57. The summed E-state index contributed by atoms with van der Waals surface area (Å²) in [4.78, 5) is 11.7. The molecule has 2 rings (SSSR count). The van der Waals surface area contributed by atoms with Gasteiger partial charge in [-0.3, -0.25) is 0 Å². The number of rotatable bonds is 6. The van der Waals surface area contributed by atoms with Crippen LogP contribution < -0.4 is 9.47 Å². The first-order valence-corrected chi connectivity index (χ1v) is 7.43. The molecule has 0 fully saturated rings. The van der Waals surface area contributed by atoms with Gasteiger partial charge in [0.05, 0.1) is 20.8 Å². The van der Waals surface area contributed by atoms with Gasteiger partial charge in [0.15, 0.2) is 11.5 Å². The lowest BCUT2D eigenvalue weighted by molar-refractivity contribution is -0.139. The molecule has 0 spiro atoms. The Hall–Kier alpha value is -2.49. The molecular weight excluding hydrogens is 292 g/mol. The summed E-state index contributed by atoms with van der Waals surface area (Å²) in [6.45, 7) is 9.37. The number of fused-ring (bicyclic) bond motifs is 1. The monoisotopic (exact) mass is 314 g/mol. The van der Waals surface area contributed by atoms with Crippen LogP contribution in [0.2, 0.25) is 0 Å². The first kappa shape index (κ1) is 16.9. The zero-order valence-electron chi connectivity index (χ0n) is 13.8. The molecule has 0 amide bonds. The second-order valence-electron chi connectivity index (χ2n) is 5.44. The van der Waals surface area contributed by atoms with Crippen molar-refractivity contribution in [1.82, 2.24) is 0 Å². The Balaban J connectivity index is 2.43. The maximum Gasteiger partial charge on any atom is 0.333 e. The minimum atomic E-state index is -0.382. The van der Waals surface area contributed by atoms with Crippen LogP contribution in [0.15, 0.2) is 43.0 Å². The largest absolute Gasteiger partial charge is 0.493 e. The van der Waals surface area contributed by atoms with Gasteiger partial charge in [0.25, 0.3) is 0 Å². The van der Waals surface area contributed by atoms with Crippen LogP contribution >= 0.6 is 0 Å². The molecule has 0 aliphatic heterocycles. The highest BCUT2D eigenvalue weighted by atomic mass is 16.5. The fourth-order valence-corrected chi connectivity index (χ4v) is 2.75. The zero-order valence-corrected chi connectivity index (χ0v) is 13.8. The van der Waals surface area contributed by atoms with Crippen LogP contribution in [0.25, 0.3) is 5.57 Å². The number of ether oxygens (including phenoxy) is 3. The summed E-state index contributed by atoms with van der Waals surface area (Å²) in [6.07, 6.45) is 4.66. The van der Waals surface area contributed by atoms with E-state index < -0.39 is 0 Å². The predicted octanol–water partition coefficient (Wildman–Crippen LogP) is 3.88. The van der Waals surface area contributed by atoms with Crippen molar-refractivity contribution in [3.63, 3.8) is 0 Å². The van der Waals surface area contributed by atoms with Crippen LogP contribution in [0, 0.1) is 0 Å². The molecule has 0 bridgehead atoms. The number of hydrogen-bond donors (Lipinski definition) is 0. The van der Waals surface area contributed by atoms with Gasteiger partial charge in [-0.25, -0.2) is 4.79 Å². The summed E-state index contributed by atoms with van der Waals surface area (Å²) in [6, 6.07) is 3.86. The Morgan fingerprint density at radius 3 is 2.65 bits per heavy atom. The van der Waals surface area contributed by atoms with E-state index in [1.54, 1.807) is 21.1 Å². The third-order valence-corrected chi connectivity index (χ3v) is 3.91. The second-order valence-corrected chi connectivity index (χ2v) is 5.44. The highest BCUT2D eigenvalue weighted by Crippen LogP contribution is 2.45. The third kappa shape index (κ3) is 3.31. The fourth-order valence-electron chi connectivity index (χ4n) is 2.75. The minimum Gasteiger partial charge on any atom is -0.493 e. The molecule has 0 unspecified atom stereocenters. The Kier molecular flexibility index (Phi) is 5.27. The molecule has 0 radical (unpaired) electrons. The zero-order chi connectivity index (χ0) is 17.0. The molecular formula is C19H22O4. The van der Waals surface area contributed by atoms with Crippen molar-refractivity contribution in [2.24, 2.45) is 0 Å². The van der Waals surface area contributed by atoms with E-state index in [0.717, 1.165) is 23.1 Å². The SMILES string of the molecule is C=CC1=CC[C@@H](COC(=O)C(=C)C)c2c1ccc(OC)c2OC. The molecule has 0 saturated heterocycles. The Bertz CT molecular complexity index is 670. The first-order valence-electron chi connectivity index (χ1n) is 7.43.